The van der Waals surface area contributed by atoms with E-state index in [0.717, 1.165) is 18.7 Å². The molecule has 0 saturated carbocycles. The highest BCUT2D eigenvalue weighted by Gasteiger charge is 2.14. The lowest BCUT2D eigenvalue weighted by atomic mass is 10.1. The van der Waals surface area contributed by atoms with Crippen LogP contribution in [0.2, 0.25) is 0 Å². The van der Waals surface area contributed by atoms with Crippen molar-refractivity contribution < 1.29 is 4.39 Å². The second kappa shape index (κ2) is 6.50. The van der Waals surface area contributed by atoms with Crippen LogP contribution in [0.3, 0.4) is 0 Å². The minimum atomic E-state index is -0.184. The number of nitrogens with zero attached hydrogens (tertiary/aromatic N) is 1. The maximum Gasteiger partial charge on any atom is 0.137 e. The van der Waals surface area contributed by atoms with Crippen molar-refractivity contribution in [1.29, 1.82) is 0 Å². The van der Waals surface area contributed by atoms with E-state index in [1.165, 1.54) is 6.07 Å². The van der Waals surface area contributed by atoms with Gasteiger partial charge in [0.2, 0.25) is 0 Å². The van der Waals surface area contributed by atoms with E-state index < -0.39 is 0 Å². The van der Waals surface area contributed by atoms with Crippen molar-refractivity contribution in [3.05, 3.63) is 34.1 Å². The van der Waals surface area contributed by atoms with Gasteiger partial charge in [0.05, 0.1) is 4.47 Å². The molecule has 0 fully saturated rings. The van der Waals surface area contributed by atoms with Crippen LogP contribution < -0.4 is 0 Å². The average molecular weight is 302 g/mol. The molecule has 0 unspecified atom stereocenters. The zero-order valence-electron chi connectivity index (χ0n) is 11.0. The van der Waals surface area contributed by atoms with Gasteiger partial charge in [0, 0.05) is 19.1 Å². The third-order valence-electron chi connectivity index (χ3n) is 2.73. The summed E-state index contributed by atoms with van der Waals surface area (Å²) in [5, 5.41) is 0. The molecule has 1 rings (SSSR count). The second-order valence-corrected chi connectivity index (χ2v) is 5.92. The fraction of sp³-hybridized carbons (Fsp3) is 0.571. The van der Waals surface area contributed by atoms with Gasteiger partial charge in [-0.2, -0.15) is 0 Å². The molecule has 17 heavy (non-hydrogen) atoms. The lowest BCUT2D eigenvalue weighted by molar-refractivity contribution is 0.188. The predicted octanol–water partition coefficient (Wildman–Crippen LogP) is 4.45. The van der Waals surface area contributed by atoms with Gasteiger partial charge in [-0.05, 0) is 47.3 Å². The lowest BCUT2D eigenvalue weighted by Crippen LogP contribution is -2.33. The van der Waals surface area contributed by atoms with Crippen molar-refractivity contribution in [3.63, 3.8) is 0 Å². The van der Waals surface area contributed by atoms with Crippen molar-refractivity contribution >= 4 is 15.9 Å². The van der Waals surface area contributed by atoms with E-state index in [1.807, 2.05) is 6.07 Å². The molecule has 0 N–H and O–H groups in total. The van der Waals surface area contributed by atoms with Crippen molar-refractivity contribution in [3.8, 4) is 0 Å². The van der Waals surface area contributed by atoms with Crippen LogP contribution in [0.25, 0.3) is 0 Å². The molecule has 1 nitrogen and oxygen atoms in total. The number of benzene rings is 1. The summed E-state index contributed by atoms with van der Waals surface area (Å²) in [6.07, 6.45) is 0. The van der Waals surface area contributed by atoms with Crippen LogP contribution in [0.15, 0.2) is 22.7 Å². The van der Waals surface area contributed by atoms with Gasteiger partial charge in [-0.1, -0.05) is 26.0 Å². The monoisotopic (exact) mass is 301 g/mol. The zero-order valence-corrected chi connectivity index (χ0v) is 12.6. The Labute approximate surface area is 112 Å². The standard InChI is InChI=1S/C14H21BrFN/c1-10(2)8-17(11(3)4)9-12-6-5-7-13(16)14(12)15/h5-7,10-11H,8-9H2,1-4H3. The summed E-state index contributed by atoms with van der Waals surface area (Å²) in [7, 11) is 0. The fourth-order valence-corrected chi connectivity index (χ4v) is 2.21. The van der Waals surface area contributed by atoms with Gasteiger partial charge in [-0.15, -0.1) is 0 Å². The third-order valence-corrected chi connectivity index (χ3v) is 3.62. The quantitative estimate of drug-likeness (QED) is 0.776. The number of hydrogen-bond donors (Lipinski definition) is 0. The summed E-state index contributed by atoms with van der Waals surface area (Å²) in [6, 6.07) is 5.69. The molecule has 0 aliphatic carbocycles. The summed E-state index contributed by atoms with van der Waals surface area (Å²) in [4.78, 5) is 2.37. The van der Waals surface area contributed by atoms with Crippen LogP contribution in [0.5, 0.6) is 0 Å². The van der Waals surface area contributed by atoms with Crippen LogP contribution in [0, 0.1) is 11.7 Å². The van der Waals surface area contributed by atoms with Crippen molar-refractivity contribution in [2.24, 2.45) is 5.92 Å². The maximum absolute atomic E-state index is 13.4. The Bertz CT molecular complexity index is 363. The molecule has 0 saturated heterocycles. The number of halogens is 2. The van der Waals surface area contributed by atoms with Gasteiger partial charge in [0.1, 0.15) is 5.82 Å². The highest BCUT2D eigenvalue weighted by molar-refractivity contribution is 9.10. The summed E-state index contributed by atoms with van der Waals surface area (Å²) in [5.74, 6) is 0.431. The van der Waals surface area contributed by atoms with E-state index in [-0.39, 0.29) is 5.82 Å². The van der Waals surface area contributed by atoms with E-state index in [2.05, 4.69) is 48.5 Å². The van der Waals surface area contributed by atoms with Gasteiger partial charge in [0.15, 0.2) is 0 Å². The van der Waals surface area contributed by atoms with Gasteiger partial charge in [-0.25, -0.2) is 4.39 Å². The second-order valence-electron chi connectivity index (χ2n) is 5.13. The van der Waals surface area contributed by atoms with Crippen LogP contribution >= 0.6 is 15.9 Å². The molecule has 0 amide bonds. The Balaban J connectivity index is 2.82. The van der Waals surface area contributed by atoms with Gasteiger partial charge in [0.25, 0.3) is 0 Å². The maximum atomic E-state index is 13.4. The third kappa shape index (κ3) is 4.40. The van der Waals surface area contributed by atoms with Crippen LogP contribution in [0.1, 0.15) is 33.3 Å². The Morgan fingerprint density at radius 2 is 1.88 bits per heavy atom. The highest BCUT2D eigenvalue weighted by atomic mass is 79.9. The molecule has 0 spiro atoms. The van der Waals surface area contributed by atoms with E-state index >= 15 is 0 Å². The van der Waals surface area contributed by atoms with Crippen LogP contribution in [-0.2, 0) is 6.54 Å². The lowest BCUT2D eigenvalue weighted by Gasteiger charge is -2.28. The molecule has 0 radical (unpaired) electrons. The molecule has 1 aromatic rings. The Morgan fingerprint density at radius 3 is 2.41 bits per heavy atom. The van der Waals surface area contributed by atoms with Gasteiger partial charge in [-0.3, -0.25) is 4.90 Å². The van der Waals surface area contributed by atoms with E-state index in [9.17, 15) is 4.39 Å². The molecule has 0 bridgehead atoms. The molecule has 0 atom stereocenters. The zero-order chi connectivity index (χ0) is 13.0. The molecule has 96 valence electrons. The van der Waals surface area contributed by atoms with E-state index in [4.69, 9.17) is 0 Å². The largest absolute Gasteiger partial charge is 0.296 e. The van der Waals surface area contributed by atoms with Crippen molar-refractivity contribution in [1.82, 2.24) is 4.90 Å². The Hall–Kier alpha value is -0.410. The van der Waals surface area contributed by atoms with Crippen molar-refractivity contribution in [2.45, 2.75) is 40.3 Å². The predicted molar refractivity (Wildman–Crippen MR) is 74.5 cm³/mol. The minimum absolute atomic E-state index is 0.184. The van der Waals surface area contributed by atoms with E-state index in [1.54, 1.807) is 6.07 Å². The molecular weight excluding hydrogens is 281 g/mol. The van der Waals surface area contributed by atoms with Crippen LogP contribution in [-0.4, -0.2) is 17.5 Å². The molecule has 1 aromatic carbocycles. The summed E-state index contributed by atoms with van der Waals surface area (Å²) < 4.78 is 14.0. The summed E-state index contributed by atoms with van der Waals surface area (Å²) >= 11 is 3.32. The molecule has 0 aromatic heterocycles. The van der Waals surface area contributed by atoms with Crippen LogP contribution in [0.4, 0.5) is 4.39 Å². The van der Waals surface area contributed by atoms with Gasteiger partial charge >= 0.3 is 0 Å². The molecule has 0 heterocycles. The Kier molecular flexibility index (Phi) is 5.60. The van der Waals surface area contributed by atoms with E-state index in [0.29, 0.717) is 16.4 Å². The molecular formula is C14H21BrFN. The summed E-state index contributed by atoms with van der Waals surface area (Å²) in [6.45, 7) is 10.6. The topological polar surface area (TPSA) is 3.24 Å². The first-order valence-corrected chi connectivity index (χ1v) is 6.88. The molecule has 0 aliphatic heterocycles. The van der Waals surface area contributed by atoms with Gasteiger partial charge < -0.3 is 0 Å². The highest BCUT2D eigenvalue weighted by Crippen LogP contribution is 2.22. The first kappa shape index (κ1) is 14.7. The number of rotatable bonds is 5. The minimum Gasteiger partial charge on any atom is -0.296 e. The normalized spacial score (nSPS) is 11.8. The smallest absolute Gasteiger partial charge is 0.137 e. The Morgan fingerprint density at radius 1 is 1.24 bits per heavy atom. The molecule has 3 heteroatoms. The summed E-state index contributed by atoms with van der Waals surface area (Å²) in [5.41, 5.74) is 1.01. The first-order chi connectivity index (χ1) is 7.91. The fourth-order valence-electron chi connectivity index (χ4n) is 1.82. The van der Waals surface area contributed by atoms with Crippen molar-refractivity contribution in [2.75, 3.05) is 6.54 Å². The SMILES string of the molecule is CC(C)CN(Cc1cccc(F)c1Br)C(C)C. The first-order valence-electron chi connectivity index (χ1n) is 6.08. The molecule has 0 aliphatic rings. The average Bonchev–Trinajstić information content (AvgIpc) is 2.22. The number of hydrogen-bond acceptors (Lipinski definition) is 1.